The van der Waals surface area contributed by atoms with Gasteiger partial charge in [0.1, 0.15) is 6.04 Å². The van der Waals surface area contributed by atoms with Gasteiger partial charge in [-0.05, 0) is 68.0 Å². The molecule has 0 spiro atoms. The maximum atomic E-state index is 13.7. The van der Waals surface area contributed by atoms with E-state index in [9.17, 15) is 18.0 Å². The van der Waals surface area contributed by atoms with Gasteiger partial charge in [-0.15, -0.1) is 0 Å². The molecule has 0 unspecified atom stereocenters. The van der Waals surface area contributed by atoms with E-state index >= 15 is 0 Å². The number of halogens is 3. The van der Waals surface area contributed by atoms with Crippen LogP contribution in [0.15, 0.2) is 36.4 Å². The van der Waals surface area contributed by atoms with Gasteiger partial charge in [-0.2, -0.15) is 0 Å². The molecule has 0 aromatic heterocycles. The van der Waals surface area contributed by atoms with Gasteiger partial charge in [-0.3, -0.25) is 13.9 Å². The summed E-state index contributed by atoms with van der Waals surface area (Å²) in [5, 5.41) is 4.50. The second kappa shape index (κ2) is 14.8. The smallest absolute Gasteiger partial charge is 0.243 e. The number of sulfonamides is 1. The Bertz CT molecular complexity index is 1300. The lowest BCUT2D eigenvalue weighted by atomic mass is 9.95. The number of rotatable bonds is 12. The molecule has 0 saturated heterocycles. The summed E-state index contributed by atoms with van der Waals surface area (Å²) in [4.78, 5) is 28.7. The highest BCUT2D eigenvalue weighted by atomic mass is 35.5. The summed E-state index contributed by atoms with van der Waals surface area (Å²) in [5.74, 6) is -0.437. The standard InChI is InChI=1S/C29H38Cl3N3O4S/c1-4-26(29(37)33-23-10-6-5-7-11-23)34(19-21-15-16-22(30)18-25(21)32)28(36)14-9-17-35(40(3,38)39)27-13-8-12-24(31)20(27)2/h8,12-13,15-16,18,23,26H,4-7,9-11,14,17,19H2,1-3H3,(H,33,37)/t26-/m1/s1. The number of hydrogen-bond donors (Lipinski definition) is 1. The van der Waals surface area contributed by atoms with Crippen LogP contribution in [0.4, 0.5) is 5.69 Å². The zero-order chi connectivity index (χ0) is 29.4. The highest BCUT2D eigenvalue weighted by Crippen LogP contribution is 2.29. The average molecular weight is 631 g/mol. The van der Waals surface area contributed by atoms with E-state index < -0.39 is 16.1 Å². The van der Waals surface area contributed by atoms with Crippen LogP contribution in [0, 0.1) is 6.92 Å². The van der Waals surface area contributed by atoms with E-state index in [1.54, 1.807) is 48.2 Å². The van der Waals surface area contributed by atoms with Crippen molar-refractivity contribution in [3.8, 4) is 0 Å². The molecule has 3 rings (SSSR count). The third-order valence-corrected chi connectivity index (χ3v) is 9.53. The monoisotopic (exact) mass is 629 g/mol. The van der Waals surface area contributed by atoms with Gasteiger partial charge < -0.3 is 10.2 Å². The molecule has 11 heteroatoms. The molecule has 0 bridgehead atoms. The fourth-order valence-electron chi connectivity index (χ4n) is 5.15. The molecule has 2 aromatic rings. The zero-order valence-electron chi connectivity index (χ0n) is 23.3. The van der Waals surface area contributed by atoms with Gasteiger partial charge >= 0.3 is 0 Å². The minimum atomic E-state index is -3.63. The molecule has 0 heterocycles. The van der Waals surface area contributed by atoms with Crippen molar-refractivity contribution in [2.45, 2.75) is 83.8 Å². The Kier molecular flexibility index (Phi) is 12.0. The number of hydrogen-bond acceptors (Lipinski definition) is 4. The third kappa shape index (κ3) is 8.75. The summed E-state index contributed by atoms with van der Waals surface area (Å²) in [6.07, 6.45) is 7.05. The Morgan fingerprint density at radius 2 is 1.75 bits per heavy atom. The molecule has 1 saturated carbocycles. The number of nitrogens with zero attached hydrogens (tertiary/aromatic N) is 2. The molecule has 1 atom stereocenters. The minimum Gasteiger partial charge on any atom is -0.352 e. The average Bonchev–Trinajstić information content (AvgIpc) is 2.89. The number of benzene rings is 2. The minimum absolute atomic E-state index is 0.0457. The topological polar surface area (TPSA) is 86.8 Å². The lowest BCUT2D eigenvalue weighted by molar-refractivity contribution is -0.141. The molecule has 0 aliphatic heterocycles. The van der Waals surface area contributed by atoms with Gasteiger partial charge in [0.25, 0.3) is 0 Å². The van der Waals surface area contributed by atoms with Crippen LogP contribution in [0.2, 0.25) is 15.1 Å². The lowest BCUT2D eigenvalue weighted by Crippen LogP contribution is -2.51. The van der Waals surface area contributed by atoms with E-state index in [4.69, 9.17) is 34.8 Å². The van der Waals surface area contributed by atoms with Crippen LogP contribution in [-0.2, 0) is 26.2 Å². The molecule has 7 nitrogen and oxygen atoms in total. The van der Waals surface area contributed by atoms with Crippen LogP contribution in [0.1, 0.15) is 69.4 Å². The van der Waals surface area contributed by atoms with Crippen molar-refractivity contribution in [1.29, 1.82) is 0 Å². The first kappa shape index (κ1) is 32.5. The van der Waals surface area contributed by atoms with Crippen molar-refractivity contribution in [3.63, 3.8) is 0 Å². The number of nitrogens with one attached hydrogen (secondary N) is 1. The van der Waals surface area contributed by atoms with Gasteiger partial charge in [0.15, 0.2) is 0 Å². The van der Waals surface area contributed by atoms with Crippen LogP contribution >= 0.6 is 34.8 Å². The maximum Gasteiger partial charge on any atom is 0.243 e. The van der Waals surface area contributed by atoms with Gasteiger partial charge in [-0.25, -0.2) is 8.42 Å². The second-order valence-electron chi connectivity index (χ2n) is 10.3. The first-order chi connectivity index (χ1) is 18.9. The Hall–Kier alpha value is -2.00. The van der Waals surface area contributed by atoms with Crippen LogP contribution in [0.3, 0.4) is 0 Å². The molecule has 1 aliphatic carbocycles. The van der Waals surface area contributed by atoms with Crippen LogP contribution in [0.25, 0.3) is 0 Å². The molecular weight excluding hydrogens is 593 g/mol. The number of amides is 2. The van der Waals surface area contributed by atoms with E-state index in [1.807, 2.05) is 6.92 Å². The van der Waals surface area contributed by atoms with Crippen LogP contribution in [-0.4, -0.2) is 50.0 Å². The summed E-state index contributed by atoms with van der Waals surface area (Å²) in [6, 6.07) is 9.58. The largest absolute Gasteiger partial charge is 0.352 e. The molecular formula is C29H38Cl3N3O4S. The summed E-state index contributed by atoms with van der Waals surface area (Å²) >= 11 is 18.8. The zero-order valence-corrected chi connectivity index (χ0v) is 26.3. The molecule has 2 amide bonds. The maximum absolute atomic E-state index is 13.7. The van der Waals surface area contributed by atoms with Gasteiger partial charge in [0, 0.05) is 40.6 Å². The first-order valence-electron chi connectivity index (χ1n) is 13.7. The predicted octanol–water partition coefficient (Wildman–Crippen LogP) is 6.76. The highest BCUT2D eigenvalue weighted by Gasteiger charge is 2.31. The van der Waals surface area contributed by atoms with E-state index in [2.05, 4.69) is 5.32 Å². The van der Waals surface area contributed by atoms with Crippen molar-refractivity contribution >= 4 is 62.3 Å². The Morgan fingerprint density at radius 3 is 2.38 bits per heavy atom. The quantitative estimate of drug-likeness (QED) is 0.281. The second-order valence-corrected chi connectivity index (χ2v) is 13.5. The fraction of sp³-hybridized carbons (Fsp3) is 0.517. The lowest BCUT2D eigenvalue weighted by Gasteiger charge is -2.33. The predicted molar refractivity (Wildman–Crippen MR) is 164 cm³/mol. The fourth-order valence-corrected chi connectivity index (χ4v) is 6.80. The molecule has 220 valence electrons. The normalized spacial score (nSPS) is 14.9. The molecule has 40 heavy (non-hydrogen) atoms. The number of anilines is 1. The van der Waals surface area contributed by atoms with E-state index in [0.29, 0.717) is 38.3 Å². The van der Waals surface area contributed by atoms with Gasteiger partial charge in [0.05, 0.1) is 11.9 Å². The summed E-state index contributed by atoms with van der Waals surface area (Å²) < 4.78 is 26.6. The van der Waals surface area contributed by atoms with Crippen LogP contribution in [0.5, 0.6) is 0 Å². The van der Waals surface area contributed by atoms with Crippen LogP contribution < -0.4 is 9.62 Å². The molecule has 1 aliphatic rings. The van der Waals surface area contributed by atoms with Crippen molar-refractivity contribution in [1.82, 2.24) is 10.2 Å². The molecule has 1 fully saturated rings. The first-order valence-corrected chi connectivity index (χ1v) is 16.7. The number of carbonyl (C=O) groups is 2. The summed E-state index contributed by atoms with van der Waals surface area (Å²) in [5.41, 5.74) is 1.80. The Balaban J connectivity index is 1.81. The Morgan fingerprint density at radius 1 is 1.05 bits per heavy atom. The van der Waals surface area contributed by atoms with Gasteiger partial charge in [-0.1, -0.05) is 73.1 Å². The third-order valence-electron chi connectivity index (χ3n) is 7.35. The van der Waals surface area contributed by atoms with E-state index in [-0.39, 0.29) is 43.8 Å². The van der Waals surface area contributed by atoms with Crippen molar-refractivity contribution in [2.75, 3.05) is 17.1 Å². The summed E-state index contributed by atoms with van der Waals surface area (Å²) in [6.45, 7) is 3.86. The van der Waals surface area contributed by atoms with Crippen molar-refractivity contribution in [2.24, 2.45) is 0 Å². The van der Waals surface area contributed by atoms with Crippen molar-refractivity contribution in [3.05, 3.63) is 62.6 Å². The summed E-state index contributed by atoms with van der Waals surface area (Å²) in [7, 11) is -3.63. The number of carbonyl (C=O) groups excluding carboxylic acids is 2. The molecule has 0 radical (unpaired) electrons. The van der Waals surface area contributed by atoms with E-state index in [0.717, 1.165) is 31.9 Å². The van der Waals surface area contributed by atoms with Crippen molar-refractivity contribution < 1.29 is 18.0 Å². The SMILES string of the molecule is CC[C@H](C(=O)NC1CCCCC1)N(Cc1ccc(Cl)cc1Cl)C(=O)CCCN(c1cccc(Cl)c1C)S(C)(=O)=O. The Labute approximate surface area is 253 Å². The van der Waals surface area contributed by atoms with E-state index in [1.165, 1.54) is 10.7 Å². The van der Waals surface area contributed by atoms with Gasteiger partial charge in [0.2, 0.25) is 21.8 Å². The molecule has 1 N–H and O–H groups in total. The molecule has 2 aromatic carbocycles. The highest BCUT2D eigenvalue weighted by molar-refractivity contribution is 7.92.